The lowest BCUT2D eigenvalue weighted by Gasteiger charge is -2.11. The Morgan fingerprint density at radius 3 is 2.60 bits per heavy atom. The molecule has 130 valence electrons. The van der Waals surface area contributed by atoms with E-state index in [2.05, 4.69) is 26.3 Å². The summed E-state index contributed by atoms with van der Waals surface area (Å²) in [4.78, 5) is 0. The Kier molecular flexibility index (Phi) is 5.45. The van der Waals surface area contributed by atoms with Gasteiger partial charge in [-0.2, -0.15) is 5.10 Å². The fourth-order valence-corrected chi connectivity index (χ4v) is 3.22. The Morgan fingerprint density at radius 1 is 1.24 bits per heavy atom. The first kappa shape index (κ1) is 18.0. The minimum atomic E-state index is -0.366. The van der Waals surface area contributed by atoms with Crippen LogP contribution in [0.1, 0.15) is 25.5 Å². The van der Waals surface area contributed by atoms with E-state index in [1.165, 1.54) is 0 Å². The van der Waals surface area contributed by atoms with Crippen molar-refractivity contribution >= 4 is 33.2 Å². The summed E-state index contributed by atoms with van der Waals surface area (Å²) < 4.78 is 17.6. The van der Waals surface area contributed by atoms with E-state index in [1.54, 1.807) is 16.8 Å². The average Bonchev–Trinajstić information content (AvgIpc) is 2.98. The second kappa shape index (κ2) is 7.58. The predicted octanol–water partition coefficient (Wildman–Crippen LogP) is 6.30. The van der Waals surface area contributed by atoms with Crippen molar-refractivity contribution in [3.63, 3.8) is 0 Å². The number of halogens is 3. The summed E-state index contributed by atoms with van der Waals surface area (Å²) in [5.74, 6) is -0.366. The van der Waals surface area contributed by atoms with Gasteiger partial charge in [-0.3, -0.25) is 4.68 Å². The smallest absolute Gasteiger partial charge is 0.155 e. The van der Waals surface area contributed by atoms with E-state index in [9.17, 15) is 0 Å². The molecule has 0 spiro atoms. The molecular formula is C19H18BrClFN3. The summed E-state index contributed by atoms with van der Waals surface area (Å²) in [7, 11) is 0. The van der Waals surface area contributed by atoms with Crippen molar-refractivity contribution in [2.45, 2.75) is 26.4 Å². The second-order valence-corrected chi connectivity index (χ2v) is 7.34. The predicted molar refractivity (Wildman–Crippen MR) is 104 cm³/mol. The van der Waals surface area contributed by atoms with E-state index in [-0.39, 0.29) is 11.9 Å². The Morgan fingerprint density at radius 2 is 1.96 bits per heavy atom. The van der Waals surface area contributed by atoms with Gasteiger partial charge in [0.25, 0.3) is 0 Å². The van der Waals surface area contributed by atoms with Crippen LogP contribution in [-0.4, -0.2) is 9.78 Å². The van der Waals surface area contributed by atoms with Gasteiger partial charge < -0.3 is 5.32 Å². The molecule has 0 fully saturated rings. The lowest BCUT2D eigenvalue weighted by molar-refractivity contribution is 0.533. The molecule has 0 aliphatic heterocycles. The first-order valence-corrected chi connectivity index (χ1v) is 9.14. The van der Waals surface area contributed by atoms with E-state index in [4.69, 9.17) is 11.6 Å². The Hall–Kier alpha value is -1.85. The molecule has 1 heterocycles. The molecule has 0 bridgehead atoms. The molecule has 3 rings (SSSR count). The number of rotatable bonds is 5. The summed E-state index contributed by atoms with van der Waals surface area (Å²) in [5, 5.41) is 8.06. The maximum Gasteiger partial charge on any atom is 0.155 e. The van der Waals surface area contributed by atoms with Gasteiger partial charge in [-0.15, -0.1) is 0 Å². The zero-order valence-electron chi connectivity index (χ0n) is 13.9. The molecule has 25 heavy (non-hydrogen) atoms. The van der Waals surface area contributed by atoms with Gasteiger partial charge in [0.1, 0.15) is 5.69 Å². The number of benzene rings is 2. The van der Waals surface area contributed by atoms with Crippen molar-refractivity contribution in [3.05, 3.63) is 69.5 Å². The summed E-state index contributed by atoms with van der Waals surface area (Å²) in [6.07, 6.45) is 1.84. The van der Waals surface area contributed by atoms with Crippen LogP contribution in [0.5, 0.6) is 0 Å². The minimum absolute atomic E-state index is 0.183. The first-order valence-electron chi connectivity index (χ1n) is 7.97. The molecule has 3 nitrogen and oxygen atoms in total. The van der Waals surface area contributed by atoms with E-state index < -0.39 is 0 Å². The highest BCUT2D eigenvalue weighted by Crippen LogP contribution is 2.35. The number of nitrogens with zero attached hydrogens (tertiary/aromatic N) is 2. The van der Waals surface area contributed by atoms with Crippen LogP contribution in [-0.2, 0) is 6.54 Å². The summed E-state index contributed by atoms with van der Waals surface area (Å²) in [6, 6.07) is 13.2. The van der Waals surface area contributed by atoms with Crippen molar-refractivity contribution in [3.8, 4) is 11.3 Å². The average molecular weight is 423 g/mol. The Balaban J connectivity index is 1.95. The van der Waals surface area contributed by atoms with E-state index in [1.807, 2.05) is 50.4 Å². The maximum atomic E-state index is 15.0. The van der Waals surface area contributed by atoms with E-state index >= 15 is 4.39 Å². The fraction of sp³-hybridized carbons (Fsp3) is 0.211. The SMILES string of the molecule is CC(C)n1cc(Br)c(-c2cc(Cl)cc(NCc3ccccc3)c2F)n1. The molecule has 0 amide bonds. The maximum absolute atomic E-state index is 15.0. The summed E-state index contributed by atoms with van der Waals surface area (Å²) in [6.45, 7) is 4.55. The van der Waals surface area contributed by atoms with Crippen LogP contribution in [0.15, 0.2) is 53.1 Å². The third kappa shape index (κ3) is 4.05. The molecule has 2 aromatic carbocycles. The lowest BCUT2D eigenvalue weighted by atomic mass is 10.1. The topological polar surface area (TPSA) is 29.9 Å². The Bertz CT molecular complexity index is 878. The number of nitrogens with one attached hydrogen (secondary N) is 1. The van der Waals surface area contributed by atoms with Crippen LogP contribution in [0.3, 0.4) is 0 Å². The van der Waals surface area contributed by atoms with Crippen LogP contribution in [0.25, 0.3) is 11.3 Å². The van der Waals surface area contributed by atoms with Gasteiger partial charge in [0.15, 0.2) is 5.82 Å². The molecule has 0 aliphatic rings. The van der Waals surface area contributed by atoms with Crippen molar-refractivity contribution in [2.75, 3.05) is 5.32 Å². The molecule has 0 radical (unpaired) electrons. The highest BCUT2D eigenvalue weighted by atomic mass is 79.9. The third-order valence-corrected chi connectivity index (χ3v) is 4.63. The van der Waals surface area contributed by atoms with Crippen LogP contribution in [0.2, 0.25) is 5.02 Å². The van der Waals surface area contributed by atoms with Gasteiger partial charge in [0.2, 0.25) is 0 Å². The van der Waals surface area contributed by atoms with Crippen molar-refractivity contribution < 1.29 is 4.39 Å². The number of anilines is 1. The summed E-state index contributed by atoms with van der Waals surface area (Å²) >= 11 is 9.69. The number of hydrogen-bond acceptors (Lipinski definition) is 2. The molecule has 0 atom stereocenters. The summed E-state index contributed by atoms with van der Waals surface area (Å²) in [5.41, 5.74) is 2.33. The van der Waals surface area contributed by atoms with Crippen LogP contribution in [0.4, 0.5) is 10.1 Å². The standard InChI is InChI=1S/C19H18BrClFN3/c1-12(2)25-11-16(20)19(24-25)15-8-14(21)9-17(18(15)22)23-10-13-6-4-3-5-7-13/h3-9,11-12,23H,10H2,1-2H3. The largest absolute Gasteiger partial charge is 0.379 e. The molecule has 0 unspecified atom stereocenters. The highest BCUT2D eigenvalue weighted by Gasteiger charge is 2.18. The zero-order chi connectivity index (χ0) is 18.0. The quantitative estimate of drug-likeness (QED) is 0.523. The van der Waals surface area contributed by atoms with Gasteiger partial charge in [-0.1, -0.05) is 41.9 Å². The zero-order valence-corrected chi connectivity index (χ0v) is 16.3. The fourth-order valence-electron chi connectivity index (χ4n) is 2.50. The Labute approximate surface area is 159 Å². The molecular weight excluding hydrogens is 405 g/mol. The van der Waals surface area contributed by atoms with Crippen molar-refractivity contribution in [1.82, 2.24) is 9.78 Å². The molecule has 1 N–H and O–H groups in total. The van der Waals surface area contributed by atoms with Gasteiger partial charge in [0.05, 0.1) is 10.2 Å². The third-order valence-electron chi connectivity index (χ3n) is 3.83. The normalized spacial score (nSPS) is 11.1. The van der Waals surface area contributed by atoms with Crippen molar-refractivity contribution in [2.24, 2.45) is 0 Å². The van der Waals surface area contributed by atoms with Crippen LogP contribution >= 0.6 is 27.5 Å². The highest BCUT2D eigenvalue weighted by molar-refractivity contribution is 9.10. The van der Waals surface area contributed by atoms with Gasteiger partial charge in [-0.25, -0.2) is 4.39 Å². The van der Waals surface area contributed by atoms with Gasteiger partial charge >= 0.3 is 0 Å². The van der Waals surface area contributed by atoms with Crippen molar-refractivity contribution in [1.29, 1.82) is 0 Å². The number of aromatic nitrogens is 2. The van der Waals surface area contributed by atoms with E-state index in [0.717, 1.165) is 10.0 Å². The first-order chi connectivity index (χ1) is 12.0. The molecule has 6 heteroatoms. The monoisotopic (exact) mass is 421 g/mol. The van der Waals surface area contributed by atoms with Gasteiger partial charge in [0, 0.05) is 29.4 Å². The molecule has 3 aromatic rings. The second-order valence-electron chi connectivity index (χ2n) is 6.05. The van der Waals surface area contributed by atoms with Gasteiger partial charge in [-0.05, 0) is 47.5 Å². The minimum Gasteiger partial charge on any atom is -0.379 e. The van der Waals surface area contributed by atoms with E-state index in [0.29, 0.717) is 28.5 Å². The lowest BCUT2D eigenvalue weighted by Crippen LogP contribution is -2.03. The molecule has 1 aromatic heterocycles. The molecule has 0 saturated carbocycles. The molecule has 0 saturated heterocycles. The number of hydrogen-bond donors (Lipinski definition) is 1. The molecule has 0 aliphatic carbocycles. The van der Waals surface area contributed by atoms with Crippen LogP contribution in [0, 0.1) is 5.82 Å². The van der Waals surface area contributed by atoms with Crippen LogP contribution < -0.4 is 5.32 Å².